The maximum atomic E-state index is 12.8. The van der Waals surface area contributed by atoms with Crippen molar-refractivity contribution in [2.75, 3.05) is 5.32 Å². The van der Waals surface area contributed by atoms with Crippen LogP contribution in [-0.2, 0) is 29.9 Å². The van der Waals surface area contributed by atoms with Gasteiger partial charge in [0, 0.05) is 60.4 Å². The molecule has 0 spiro atoms. The number of thioether (sulfide) groups is 1. The Kier molecular flexibility index (Phi) is 5.27. The fourth-order valence-corrected chi connectivity index (χ4v) is 4.63. The van der Waals surface area contributed by atoms with Gasteiger partial charge in [0.15, 0.2) is 0 Å². The summed E-state index contributed by atoms with van der Waals surface area (Å²) in [6, 6.07) is 11.8. The molecule has 0 fully saturated rings. The molecule has 1 amide bonds. The Morgan fingerprint density at radius 1 is 1.26 bits per heavy atom. The Balaban J connectivity index is 1.52. The van der Waals surface area contributed by atoms with Gasteiger partial charge in [-0.05, 0) is 29.8 Å². The molecule has 27 heavy (non-hydrogen) atoms. The minimum Gasteiger partial charge on any atom is -0.354 e. The SMILES string of the molecule is Cn1nc2c(c1NC(=O)C[C@@H](Cn1cccc1)c1ccc(Cl)cc1)CSC2. The summed E-state index contributed by atoms with van der Waals surface area (Å²) in [6.07, 6.45) is 4.44. The highest BCUT2D eigenvalue weighted by Gasteiger charge is 2.24. The molecule has 0 unspecified atom stereocenters. The molecule has 4 rings (SSSR count). The maximum absolute atomic E-state index is 12.8. The van der Waals surface area contributed by atoms with Crippen LogP contribution in [0.4, 0.5) is 5.82 Å². The van der Waals surface area contributed by atoms with Crippen LogP contribution in [0.15, 0.2) is 48.8 Å². The normalized spacial score (nSPS) is 14.1. The average molecular weight is 401 g/mol. The van der Waals surface area contributed by atoms with Crippen LogP contribution in [0, 0.1) is 0 Å². The average Bonchev–Trinajstić information content (AvgIpc) is 3.36. The third-order valence-electron chi connectivity index (χ3n) is 4.84. The number of rotatable bonds is 6. The second-order valence-electron chi connectivity index (χ2n) is 6.77. The van der Waals surface area contributed by atoms with Crippen LogP contribution in [0.5, 0.6) is 0 Å². The van der Waals surface area contributed by atoms with Crippen LogP contribution in [0.3, 0.4) is 0 Å². The van der Waals surface area contributed by atoms with Crippen molar-refractivity contribution in [3.8, 4) is 0 Å². The van der Waals surface area contributed by atoms with Gasteiger partial charge in [-0.2, -0.15) is 16.9 Å². The van der Waals surface area contributed by atoms with Gasteiger partial charge in [0.25, 0.3) is 0 Å². The van der Waals surface area contributed by atoms with Gasteiger partial charge in [-0.25, -0.2) is 0 Å². The Labute approximate surface area is 167 Å². The molecule has 5 nitrogen and oxygen atoms in total. The van der Waals surface area contributed by atoms with Crippen molar-refractivity contribution in [1.82, 2.24) is 14.3 Å². The summed E-state index contributed by atoms with van der Waals surface area (Å²) in [6.45, 7) is 0.737. The number of aromatic nitrogens is 3. The predicted octanol–water partition coefficient (Wildman–Crippen LogP) is 4.43. The molecule has 1 aliphatic heterocycles. The first-order valence-electron chi connectivity index (χ1n) is 8.88. The molecule has 0 aliphatic carbocycles. The molecule has 0 saturated carbocycles. The van der Waals surface area contributed by atoms with Crippen LogP contribution < -0.4 is 5.32 Å². The van der Waals surface area contributed by atoms with E-state index in [1.54, 1.807) is 4.68 Å². The zero-order chi connectivity index (χ0) is 18.8. The minimum atomic E-state index is 0.00445. The van der Waals surface area contributed by atoms with Crippen molar-refractivity contribution in [3.05, 3.63) is 70.6 Å². The monoisotopic (exact) mass is 400 g/mol. The summed E-state index contributed by atoms with van der Waals surface area (Å²) in [4.78, 5) is 12.8. The van der Waals surface area contributed by atoms with Crippen LogP contribution in [-0.4, -0.2) is 20.3 Å². The first-order chi connectivity index (χ1) is 13.1. The van der Waals surface area contributed by atoms with Gasteiger partial charge in [0.2, 0.25) is 5.91 Å². The lowest BCUT2D eigenvalue weighted by Gasteiger charge is -2.18. The minimum absolute atomic E-state index is 0.00445. The highest BCUT2D eigenvalue weighted by molar-refractivity contribution is 7.98. The number of halogens is 1. The number of carbonyl (C=O) groups is 1. The number of nitrogens with zero attached hydrogens (tertiary/aromatic N) is 3. The summed E-state index contributed by atoms with van der Waals surface area (Å²) in [5, 5.41) is 8.31. The Morgan fingerprint density at radius 3 is 2.74 bits per heavy atom. The molecule has 0 bridgehead atoms. The number of benzene rings is 1. The molecule has 140 valence electrons. The highest BCUT2D eigenvalue weighted by Crippen LogP contribution is 2.34. The van der Waals surface area contributed by atoms with E-state index in [0.717, 1.165) is 40.7 Å². The summed E-state index contributed by atoms with van der Waals surface area (Å²) < 4.78 is 3.89. The largest absolute Gasteiger partial charge is 0.354 e. The zero-order valence-corrected chi connectivity index (χ0v) is 16.6. The number of carbonyl (C=O) groups excluding carboxylic acids is 1. The number of nitrogens with one attached hydrogen (secondary N) is 1. The second kappa shape index (κ2) is 7.82. The van der Waals surface area contributed by atoms with Crippen molar-refractivity contribution < 1.29 is 4.79 Å². The topological polar surface area (TPSA) is 51.9 Å². The molecular weight excluding hydrogens is 380 g/mol. The van der Waals surface area contributed by atoms with Gasteiger partial charge >= 0.3 is 0 Å². The molecule has 7 heteroatoms. The lowest BCUT2D eigenvalue weighted by Crippen LogP contribution is -2.20. The van der Waals surface area contributed by atoms with Gasteiger partial charge in [-0.1, -0.05) is 23.7 Å². The van der Waals surface area contributed by atoms with Crippen LogP contribution >= 0.6 is 23.4 Å². The summed E-state index contributed by atoms with van der Waals surface area (Å²) in [7, 11) is 1.88. The van der Waals surface area contributed by atoms with E-state index in [2.05, 4.69) is 15.0 Å². The lowest BCUT2D eigenvalue weighted by molar-refractivity contribution is -0.116. The molecule has 1 aliphatic rings. The molecule has 2 aromatic heterocycles. The molecular formula is C20H21ClN4OS. The smallest absolute Gasteiger partial charge is 0.226 e. The number of hydrogen-bond acceptors (Lipinski definition) is 3. The summed E-state index contributed by atoms with van der Waals surface area (Å²) in [5.41, 5.74) is 3.35. The first-order valence-corrected chi connectivity index (χ1v) is 10.4. The molecule has 1 aromatic carbocycles. The van der Waals surface area contributed by atoms with E-state index >= 15 is 0 Å². The van der Waals surface area contributed by atoms with E-state index in [9.17, 15) is 4.79 Å². The van der Waals surface area contributed by atoms with Gasteiger partial charge in [0.05, 0.1) is 5.69 Å². The molecule has 1 atom stereocenters. The number of anilines is 1. The van der Waals surface area contributed by atoms with Crippen molar-refractivity contribution >= 4 is 35.1 Å². The number of fused-ring (bicyclic) bond motifs is 1. The zero-order valence-electron chi connectivity index (χ0n) is 15.1. The molecule has 3 heterocycles. The molecule has 1 N–H and O–H groups in total. The van der Waals surface area contributed by atoms with E-state index in [4.69, 9.17) is 11.6 Å². The van der Waals surface area contributed by atoms with E-state index < -0.39 is 0 Å². The van der Waals surface area contributed by atoms with Crippen molar-refractivity contribution in [2.24, 2.45) is 7.05 Å². The van der Waals surface area contributed by atoms with E-state index in [0.29, 0.717) is 11.4 Å². The van der Waals surface area contributed by atoms with Crippen molar-refractivity contribution in [3.63, 3.8) is 0 Å². The molecule has 3 aromatic rings. The fraction of sp³-hybridized carbons (Fsp3) is 0.300. The highest BCUT2D eigenvalue weighted by atomic mass is 35.5. The Hall–Kier alpha value is -2.18. The number of aryl methyl sites for hydroxylation is 1. The maximum Gasteiger partial charge on any atom is 0.226 e. The van der Waals surface area contributed by atoms with Crippen LogP contribution in [0.2, 0.25) is 5.02 Å². The molecule has 0 saturated heterocycles. The number of amides is 1. The van der Waals surface area contributed by atoms with Gasteiger partial charge in [0.1, 0.15) is 5.82 Å². The Bertz CT molecular complexity index is 934. The van der Waals surface area contributed by atoms with Crippen molar-refractivity contribution in [2.45, 2.75) is 30.4 Å². The van der Waals surface area contributed by atoms with Gasteiger partial charge < -0.3 is 9.88 Å². The third kappa shape index (κ3) is 4.06. The van der Waals surface area contributed by atoms with Gasteiger partial charge in [-0.15, -0.1) is 0 Å². The standard InChI is InChI=1S/C20H21ClN4OS/c1-24-20(17-12-27-13-18(17)23-24)22-19(26)10-15(11-25-8-2-3-9-25)14-4-6-16(21)7-5-14/h2-9,15H,10-13H2,1H3,(H,22,26)/t15-/m0/s1. The number of hydrogen-bond donors (Lipinski definition) is 1. The Morgan fingerprint density at radius 2 is 2.00 bits per heavy atom. The first kappa shape index (κ1) is 18.2. The second-order valence-corrected chi connectivity index (χ2v) is 8.19. The quantitative estimate of drug-likeness (QED) is 0.665. The van der Waals surface area contributed by atoms with Gasteiger partial charge in [-0.3, -0.25) is 9.48 Å². The fourth-order valence-electron chi connectivity index (χ4n) is 3.47. The molecule has 0 radical (unpaired) electrons. The summed E-state index contributed by atoms with van der Waals surface area (Å²) in [5.74, 6) is 2.72. The van der Waals surface area contributed by atoms with Crippen molar-refractivity contribution in [1.29, 1.82) is 0 Å². The van der Waals surface area contributed by atoms with Crippen LogP contribution in [0.25, 0.3) is 0 Å². The lowest BCUT2D eigenvalue weighted by atomic mass is 9.95. The van der Waals surface area contributed by atoms with E-state index in [-0.39, 0.29) is 11.8 Å². The summed E-state index contributed by atoms with van der Waals surface area (Å²) >= 11 is 7.87. The van der Waals surface area contributed by atoms with Crippen LogP contribution in [0.1, 0.15) is 29.2 Å². The van der Waals surface area contributed by atoms with E-state index in [1.807, 2.05) is 67.6 Å². The predicted molar refractivity (Wildman–Crippen MR) is 110 cm³/mol. The third-order valence-corrected chi connectivity index (χ3v) is 6.06. The van der Waals surface area contributed by atoms with E-state index in [1.165, 1.54) is 0 Å².